The van der Waals surface area contributed by atoms with Crippen molar-refractivity contribution in [1.82, 2.24) is 24.8 Å². The molecule has 2 heterocycles. The maximum absolute atomic E-state index is 11.6. The van der Waals surface area contributed by atoms with Crippen LogP contribution in [-0.4, -0.2) is 32.0 Å². The molecule has 20 heavy (non-hydrogen) atoms. The first-order chi connectivity index (χ1) is 9.65. The molecule has 1 amide bonds. The molecule has 0 aromatic carbocycles. The average Bonchev–Trinajstić information content (AvgIpc) is 2.91. The molecule has 0 saturated heterocycles. The number of amides is 1. The van der Waals surface area contributed by atoms with Crippen LogP contribution in [0.5, 0.6) is 0 Å². The van der Waals surface area contributed by atoms with Gasteiger partial charge in [0.2, 0.25) is 5.91 Å². The highest BCUT2D eigenvalue weighted by Crippen LogP contribution is 1.93. The lowest BCUT2D eigenvalue weighted by Gasteiger charge is -2.06. The van der Waals surface area contributed by atoms with Crippen molar-refractivity contribution in [2.24, 2.45) is 0 Å². The normalized spacial score (nSPS) is 10.4. The van der Waals surface area contributed by atoms with E-state index in [9.17, 15) is 14.4 Å². The third kappa shape index (κ3) is 3.94. The highest BCUT2D eigenvalue weighted by Gasteiger charge is 2.04. The lowest BCUT2D eigenvalue weighted by Crippen LogP contribution is -2.35. The van der Waals surface area contributed by atoms with E-state index < -0.39 is 11.2 Å². The van der Waals surface area contributed by atoms with Crippen LogP contribution in [0.15, 0.2) is 34.2 Å². The number of aromatic amines is 2. The molecule has 0 fully saturated rings. The Morgan fingerprint density at radius 3 is 2.95 bits per heavy atom. The predicted octanol–water partition coefficient (Wildman–Crippen LogP) is -0.991. The standard InChI is InChI=1S/C12H15N5O3/c18-10-3-7-17(12(20)16-10)8-11(19)15-4-1-2-9-13-5-6-14-9/h3,5-7H,1-2,4,8H2,(H,13,14)(H,15,19)(H,16,18,20). The van der Waals surface area contributed by atoms with E-state index in [-0.39, 0.29) is 12.5 Å². The Kier molecular flexibility index (Phi) is 4.48. The third-order valence-corrected chi connectivity index (χ3v) is 2.68. The molecule has 0 aliphatic heterocycles. The molecule has 0 spiro atoms. The van der Waals surface area contributed by atoms with Gasteiger partial charge in [0.05, 0.1) is 0 Å². The SMILES string of the molecule is O=C(Cn1ccc(=O)[nH]c1=O)NCCCc1ncc[nH]1. The summed E-state index contributed by atoms with van der Waals surface area (Å²) in [7, 11) is 0. The Morgan fingerprint density at radius 1 is 1.40 bits per heavy atom. The van der Waals surface area contributed by atoms with Gasteiger partial charge < -0.3 is 10.3 Å². The van der Waals surface area contributed by atoms with E-state index in [0.29, 0.717) is 6.54 Å². The van der Waals surface area contributed by atoms with E-state index in [0.717, 1.165) is 23.2 Å². The molecular formula is C12H15N5O3. The fraction of sp³-hybridized carbons (Fsp3) is 0.333. The molecule has 0 unspecified atom stereocenters. The van der Waals surface area contributed by atoms with Crippen molar-refractivity contribution in [2.45, 2.75) is 19.4 Å². The second-order valence-corrected chi connectivity index (χ2v) is 4.23. The number of rotatable bonds is 6. The topological polar surface area (TPSA) is 113 Å². The Hall–Kier alpha value is -2.64. The van der Waals surface area contributed by atoms with Gasteiger partial charge in [-0.05, 0) is 6.42 Å². The highest BCUT2D eigenvalue weighted by atomic mass is 16.2. The van der Waals surface area contributed by atoms with Crippen LogP contribution in [0.25, 0.3) is 0 Å². The summed E-state index contributed by atoms with van der Waals surface area (Å²) >= 11 is 0. The van der Waals surface area contributed by atoms with Crippen LogP contribution in [0.3, 0.4) is 0 Å². The Morgan fingerprint density at radius 2 is 2.25 bits per heavy atom. The number of carbonyl (C=O) groups is 1. The second-order valence-electron chi connectivity index (χ2n) is 4.23. The first kappa shape index (κ1) is 13.8. The molecule has 8 heteroatoms. The summed E-state index contributed by atoms with van der Waals surface area (Å²) in [4.78, 5) is 43.0. The number of nitrogens with one attached hydrogen (secondary N) is 3. The van der Waals surface area contributed by atoms with E-state index in [1.165, 1.54) is 12.3 Å². The van der Waals surface area contributed by atoms with Crippen molar-refractivity contribution in [3.8, 4) is 0 Å². The van der Waals surface area contributed by atoms with Gasteiger partial charge in [-0.3, -0.25) is 19.1 Å². The lowest BCUT2D eigenvalue weighted by atomic mass is 10.3. The third-order valence-electron chi connectivity index (χ3n) is 2.68. The molecule has 0 radical (unpaired) electrons. The maximum Gasteiger partial charge on any atom is 0.328 e. The number of hydrogen-bond donors (Lipinski definition) is 3. The minimum atomic E-state index is -0.594. The summed E-state index contributed by atoms with van der Waals surface area (Å²) in [6.45, 7) is 0.383. The smallest absolute Gasteiger partial charge is 0.328 e. The zero-order valence-corrected chi connectivity index (χ0v) is 10.8. The molecule has 2 rings (SSSR count). The zero-order chi connectivity index (χ0) is 14.4. The van der Waals surface area contributed by atoms with Crippen molar-refractivity contribution in [1.29, 1.82) is 0 Å². The molecule has 2 aromatic rings. The van der Waals surface area contributed by atoms with Crippen LogP contribution < -0.4 is 16.6 Å². The molecule has 0 atom stereocenters. The number of imidazole rings is 1. The lowest BCUT2D eigenvalue weighted by molar-refractivity contribution is -0.121. The van der Waals surface area contributed by atoms with Gasteiger partial charge in [-0.1, -0.05) is 0 Å². The number of carbonyl (C=O) groups excluding carboxylic acids is 1. The summed E-state index contributed by atoms with van der Waals surface area (Å²) in [5.74, 6) is 0.592. The van der Waals surface area contributed by atoms with Gasteiger partial charge in [-0.25, -0.2) is 9.78 Å². The van der Waals surface area contributed by atoms with Gasteiger partial charge in [0.15, 0.2) is 0 Å². The van der Waals surface area contributed by atoms with Gasteiger partial charge in [0, 0.05) is 37.6 Å². The molecule has 106 valence electrons. The van der Waals surface area contributed by atoms with Gasteiger partial charge in [-0.15, -0.1) is 0 Å². The molecule has 0 aliphatic carbocycles. The average molecular weight is 277 g/mol. The second kappa shape index (κ2) is 6.50. The van der Waals surface area contributed by atoms with Gasteiger partial charge >= 0.3 is 5.69 Å². The molecule has 0 bridgehead atoms. The Bertz CT molecular complexity index is 671. The van der Waals surface area contributed by atoms with E-state index in [1.54, 1.807) is 12.4 Å². The highest BCUT2D eigenvalue weighted by molar-refractivity contribution is 5.75. The fourth-order valence-electron chi connectivity index (χ4n) is 1.70. The number of nitrogens with zero attached hydrogens (tertiary/aromatic N) is 2. The van der Waals surface area contributed by atoms with Gasteiger partial charge in [0.1, 0.15) is 12.4 Å². The van der Waals surface area contributed by atoms with Crippen LogP contribution >= 0.6 is 0 Å². The molecule has 0 aliphatic rings. The summed E-state index contributed by atoms with van der Waals surface area (Å²) in [5, 5.41) is 2.70. The van der Waals surface area contributed by atoms with E-state index in [2.05, 4.69) is 20.3 Å². The minimum Gasteiger partial charge on any atom is -0.355 e. The van der Waals surface area contributed by atoms with Crippen LogP contribution in [0.2, 0.25) is 0 Å². The summed E-state index contributed by atoms with van der Waals surface area (Å²) in [6.07, 6.45) is 6.21. The summed E-state index contributed by atoms with van der Waals surface area (Å²) < 4.78 is 1.14. The van der Waals surface area contributed by atoms with E-state index >= 15 is 0 Å². The van der Waals surface area contributed by atoms with Gasteiger partial charge in [-0.2, -0.15) is 0 Å². The first-order valence-electron chi connectivity index (χ1n) is 6.20. The van der Waals surface area contributed by atoms with Crippen molar-refractivity contribution in [2.75, 3.05) is 6.54 Å². The molecule has 3 N–H and O–H groups in total. The van der Waals surface area contributed by atoms with E-state index in [1.807, 2.05) is 0 Å². The first-order valence-corrected chi connectivity index (χ1v) is 6.20. The summed E-state index contributed by atoms with van der Waals surface area (Å²) in [6, 6.07) is 1.20. The van der Waals surface area contributed by atoms with Crippen molar-refractivity contribution in [3.05, 3.63) is 51.3 Å². The zero-order valence-electron chi connectivity index (χ0n) is 10.8. The van der Waals surface area contributed by atoms with Gasteiger partial charge in [0.25, 0.3) is 5.56 Å². The molecule has 0 saturated carbocycles. The quantitative estimate of drug-likeness (QED) is 0.588. The van der Waals surface area contributed by atoms with Crippen LogP contribution in [-0.2, 0) is 17.8 Å². The van der Waals surface area contributed by atoms with Crippen LogP contribution in [0, 0.1) is 0 Å². The van der Waals surface area contributed by atoms with E-state index in [4.69, 9.17) is 0 Å². The number of H-pyrrole nitrogens is 2. The molecular weight excluding hydrogens is 262 g/mol. The molecule has 2 aromatic heterocycles. The maximum atomic E-state index is 11.6. The number of aryl methyl sites for hydroxylation is 1. The number of aromatic nitrogens is 4. The van der Waals surface area contributed by atoms with Crippen molar-refractivity contribution < 1.29 is 4.79 Å². The molecule has 8 nitrogen and oxygen atoms in total. The fourth-order valence-corrected chi connectivity index (χ4v) is 1.70. The van der Waals surface area contributed by atoms with Crippen molar-refractivity contribution in [3.63, 3.8) is 0 Å². The minimum absolute atomic E-state index is 0.115. The Labute approximate surface area is 113 Å². The van der Waals surface area contributed by atoms with Crippen LogP contribution in [0.4, 0.5) is 0 Å². The number of hydrogen-bond acceptors (Lipinski definition) is 4. The predicted molar refractivity (Wildman–Crippen MR) is 71.2 cm³/mol. The Balaban J connectivity index is 1.75. The van der Waals surface area contributed by atoms with Crippen LogP contribution in [0.1, 0.15) is 12.2 Å². The largest absolute Gasteiger partial charge is 0.355 e. The monoisotopic (exact) mass is 277 g/mol. The summed E-state index contributed by atoms with van der Waals surface area (Å²) in [5.41, 5.74) is -1.08. The van der Waals surface area contributed by atoms with Crippen molar-refractivity contribution >= 4 is 5.91 Å².